The average Bonchev–Trinajstić information content (AvgIpc) is 3.27. The molecule has 3 heterocycles. The molecule has 0 aliphatic carbocycles. The molecule has 2 aromatic heterocycles. The van der Waals surface area contributed by atoms with Crippen LogP contribution in [0.15, 0.2) is 58.1 Å². The maximum absolute atomic E-state index is 13.8. The molecule has 11 heteroatoms. The Bertz CT molecular complexity index is 1740. The van der Waals surface area contributed by atoms with Gasteiger partial charge in [0.05, 0.1) is 17.6 Å². The molecule has 1 N–H and O–H groups in total. The number of nitrogens with one attached hydrogen (secondary N) is 1. The Kier molecular flexibility index (Phi) is 6.53. The van der Waals surface area contributed by atoms with Crippen molar-refractivity contribution in [2.24, 2.45) is 0 Å². The van der Waals surface area contributed by atoms with Crippen molar-refractivity contribution in [2.75, 3.05) is 11.9 Å². The smallest absolute Gasteiger partial charge is 0.337 e. The minimum atomic E-state index is -0.737. The summed E-state index contributed by atoms with van der Waals surface area (Å²) in [5, 5.41) is 2.96. The van der Waals surface area contributed by atoms with Gasteiger partial charge in [0.1, 0.15) is 17.2 Å². The number of fused-ring (bicyclic) bond motifs is 3. The number of thiophene rings is 1. The largest absolute Gasteiger partial charge is 0.337 e. The number of ketones is 1. The molecule has 0 saturated heterocycles. The maximum atomic E-state index is 13.8. The van der Waals surface area contributed by atoms with E-state index in [2.05, 4.69) is 5.32 Å². The van der Waals surface area contributed by atoms with E-state index < -0.39 is 29.5 Å². The Hall–Kier alpha value is -4.38. The number of hydrogen-bond donors (Lipinski definition) is 1. The molecule has 0 bridgehead atoms. The molecule has 9 nitrogen and oxygen atoms in total. The zero-order valence-electron chi connectivity index (χ0n) is 20.6. The Morgan fingerprint density at radius 1 is 1.05 bits per heavy atom. The second-order valence-electron chi connectivity index (χ2n) is 9.05. The lowest BCUT2D eigenvalue weighted by atomic mass is 10.1. The average molecular weight is 535 g/mol. The predicted octanol–water partition coefficient (Wildman–Crippen LogP) is 3.10. The Balaban J connectivity index is 1.69. The van der Waals surface area contributed by atoms with Crippen molar-refractivity contribution in [3.63, 3.8) is 0 Å². The fourth-order valence-corrected chi connectivity index (χ4v) is 5.93. The van der Waals surface area contributed by atoms with Crippen LogP contribution in [0.5, 0.6) is 0 Å². The zero-order valence-corrected chi connectivity index (χ0v) is 21.4. The van der Waals surface area contributed by atoms with Gasteiger partial charge in [-0.15, -0.1) is 11.3 Å². The van der Waals surface area contributed by atoms with Gasteiger partial charge in [0.15, 0.2) is 5.78 Å². The summed E-state index contributed by atoms with van der Waals surface area (Å²) in [6.45, 7) is 3.19. The molecule has 0 atom stereocenters. The molecular formula is C27H23FN4O5S. The van der Waals surface area contributed by atoms with E-state index in [-0.39, 0.29) is 17.4 Å². The van der Waals surface area contributed by atoms with Crippen LogP contribution < -0.4 is 16.6 Å². The van der Waals surface area contributed by atoms with Crippen LogP contribution in [-0.2, 0) is 29.1 Å². The van der Waals surface area contributed by atoms with E-state index in [4.69, 9.17) is 0 Å². The summed E-state index contributed by atoms with van der Waals surface area (Å²) >= 11 is 1.21. The Morgan fingerprint density at radius 2 is 1.79 bits per heavy atom. The molecule has 2 amide bonds. The highest BCUT2D eigenvalue weighted by Gasteiger charge is 2.28. The molecule has 1 aliphatic rings. The number of carbonyl (C=O) groups excluding carboxylic acids is 3. The standard InChI is InChI=1S/C27H23FN4O5S/c1-15(33)17-4-3-5-20(12-17)32-25(36)24-21-10-11-30(16(2)34)13-22(21)38-26(24)31(27(32)37)14-23(35)29-19-8-6-18(28)7-9-19/h3-9,12H,10-11,13-14H2,1-2H3,(H,29,35). The van der Waals surface area contributed by atoms with Crippen LogP contribution in [0.25, 0.3) is 15.9 Å². The van der Waals surface area contributed by atoms with Crippen molar-refractivity contribution in [1.29, 1.82) is 0 Å². The summed E-state index contributed by atoms with van der Waals surface area (Å²) in [5.41, 5.74) is 0.360. The number of halogens is 1. The number of carbonyl (C=O) groups is 3. The summed E-state index contributed by atoms with van der Waals surface area (Å²) in [6, 6.07) is 11.4. The van der Waals surface area contributed by atoms with Gasteiger partial charge in [-0.3, -0.25) is 23.7 Å². The second-order valence-corrected chi connectivity index (χ2v) is 10.1. The summed E-state index contributed by atoms with van der Waals surface area (Å²) in [5.74, 6) is -1.32. The van der Waals surface area contributed by atoms with Crippen molar-refractivity contribution in [3.05, 3.63) is 91.2 Å². The molecule has 2 aromatic carbocycles. The predicted molar refractivity (Wildman–Crippen MR) is 142 cm³/mol. The second kappa shape index (κ2) is 9.82. The summed E-state index contributed by atoms with van der Waals surface area (Å²) in [4.78, 5) is 67.3. The van der Waals surface area contributed by atoms with E-state index in [1.54, 1.807) is 23.1 Å². The van der Waals surface area contributed by atoms with E-state index in [1.165, 1.54) is 60.1 Å². The zero-order chi connectivity index (χ0) is 27.1. The van der Waals surface area contributed by atoms with Crippen molar-refractivity contribution >= 4 is 44.8 Å². The molecule has 1 aliphatic heterocycles. The molecule has 38 heavy (non-hydrogen) atoms. The highest BCUT2D eigenvalue weighted by molar-refractivity contribution is 7.18. The van der Waals surface area contributed by atoms with Gasteiger partial charge in [0.2, 0.25) is 11.8 Å². The topological polar surface area (TPSA) is 110 Å². The first kappa shape index (κ1) is 25.3. The van der Waals surface area contributed by atoms with E-state index in [9.17, 15) is 28.4 Å². The van der Waals surface area contributed by atoms with Gasteiger partial charge in [-0.1, -0.05) is 12.1 Å². The molecule has 4 aromatic rings. The quantitative estimate of drug-likeness (QED) is 0.396. The Morgan fingerprint density at radius 3 is 2.47 bits per heavy atom. The summed E-state index contributed by atoms with van der Waals surface area (Å²) < 4.78 is 15.5. The minimum Gasteiger partial charge on any atom is -0.337 e. The number of anilines is 1. The Labute approximate surface area is 219 Å². The number of benzene rings is 2. The number of aromatic nitrogens is 2. The monoisotopic (exact) mass is 534 g/mol. The first-order valence-corrected chi connectivity index (χ1v) is 12.7. The fraction of sp³-hybridized carbons (Fsp3) is 0.222. The van der Waals surface area contributed by atoms with Crippen molar-refractivity contribution in [1.82, 2.24) is 14.0 Å². The lowest BCUT2D eigenvalue weighted by molar-refractivity contribution is -0.129. The van der Waals surface area contributed by atoms with E-state index in [1.807, 2.05) is 0 Å². The van der Waals surface area contributed by atoms with Gasteiger partial charge in [-0.25, -0.2) is 13.8 Å². The molecule has 194 valence electrons. The van der Waals surface area contributed by atoms with Gasteiger partial charge in [-0.2, -0.15) is 0 Å². The highest BCUT2D eigenvalue weighted by Crippen LogP contribution is 2.33. The van der Waals surface area contributed by atoms with E-state index >= 15 is 0 Å². The normalized spacial score (nSPS) is 12.9. The van der Waals surface area contributed by atoms with Crippen LogP contribution in [0.4, 0.5) is 10.1 Å². The van der Waals surface area contributed by atoms with Crippen molar-refractivity contribution in [3.8, 4) is 5.69 Å². The third-order valence-corrected chi connectivity index (χ3v) is 7.75. The third-order valence-electron chi connectivity index (χ3n) is 6.51. The van der Waals surface area contributed by atoms with Crippen molar-refractivity contribution < 1.29 is 18.8 Å². The summed E-state index contributed by atoms with van der Waals surface area (Å²) in [7, 11) is 0. The number of amides is 2. The number of Topliss-reactive ketones (excluding diaryl/α,β-unsaturated/α-hetero) is 1. The minimum absolute atomic E-state index is 0.0948. The van der Waals surface area contributed by atoms with Crippen molar-refractivity contribution in [2.45, 2.75) is 33.4 Å². The fourth-order valence-electron chi connectivity index (χ4n) is 4.58. The third kappa shape index (κ3) is 4.56. The van der Waals surface area contributed by atoms with Crippen LogP contribution in [-0.4, -0.2) is 38.2 Å². The van der Waals surface area contributed by atoms with E-state index in [0.717, 1.165) is 15.0 Å². The van der Waals surface area contributed by atoms with Crippen LogP contribution >= 0.6 is 11.3 Å². The number of nitrogens with zero attached hydrogens (tertiary/aromatic N) is 3. The summed E-state index contributed by atoms with van der Waals surface area (Å²) in [6.07, 6.45) is 0.428. The first-order chi connectivity index (χ1) is 18.1. The van der Waals surface area contributed by atoms with Crippen LogP contribution in [0.2, 0.25) is 0 Å². The lowest BCUT2D eigenvalue weighted by Crippen LogP contribution is -2.41. The van der Waals surface area contributed by atoms with Gasteiger partial charge >= 0.3 is 5.69 Å². The lowest BCUT2D eigenvalue weighted by Gasteiger charge is -2.25. The van der Waals surface area contributed by atoms with Gasteiger partial charge in [0, 0.05) is 29.6 Å². The molecule has 0 unspecified atom stereocenters. The van der Waals surface area contributed by atoms with Crippen LogP contribution in [0.1, 0.15) is 34.6 Å². The van der Waals surface area contributed by atoms with Gasteiger partial charge in [0.25, 0.3) is 5.56 Å². The molecule has 0 radical (unpaired) electrons. The molecule has 5 rings (SSSR count). The first-order valence-electron chi connectivity index (χ1n) is 11.9. The number of rotatable bonds is 5. The maximum Gasteiger partial charge on any atom is 0.337 e. The molecule has 0 fully saturated rings. The number of hydrogen-bond acceptors (Lipinski definition) is 6. The molecular weight excluding hydrogens is 511 g/mol. The van der Waals surface area contributed by atoms with Crippen LogP contribution in [0, 0.1) is 5.82 Å². The highest BCUT2D eigenvalue weighted by atomic mass is 32.1. The van der Waals surface area contributed by atoms with E-state index in [0.29, 0.717) is 41.0 Å². The van der Waals surface area contributed by atoms with Gasteiger partial charge < -0.3 is 10.2 Å². The molecule has 0 spiro atoms. The van der Waals surface area contributed by atoms with Crippen LogP contribution in [0.3, 0.4) is 0 Å². The van der Waals surface area contributed by atoms with Gasteiger partial charge in [-0.05, 0) is 55.3 Å². The molecule has 0 saturated carbocycles. The SMILES string of the molecule is CC(=O)c1cccc(-n2c(=O)c3c4c(sc3n(CC(=O)Nc3ccc(F)cc3)c2=O)CN(C(C)=O)CC4)c1.